The number of nitrogens with zero attached hydrogens (tertiary/aromatic N) is 3. The first-order valence-electron chi connectivity index (χ1n) is 8.00. The number of pyridine rings is 1. The van der Waals surface area contributed by atoms with Gasteiger partial charge in [-0.3, -0.25) is 0 Å². The summed E-state index contributed by atoms with van der Waals surface area (Å²) in [7, 11) is 0. The van der Waals surface area contributed by atoms with Crippen LogP contribution >= 0.6 is 23.2 Å². The SMILES string of the molecule is Fc1cnc(C2CNc3ncc(Cl)cc32)nc1NCc1ccc(Cl)cc1. The van der Waals surface area contributed by atoms with Gasteiger partial charge in [0.25, 0.3) is 0 Å². The third-order valence-corrected chi connectivity index (χ3v) is 4.64. The highest BCUT2D eigenvalue weighted by molar-refractivity contribution is 6.30. The fourth-order valence-electron chi connectivity index (χ4n) is 2.87. The molecule has 1 aromatic carbocycles. The Morgan fingerprint density at radius 1 is 1.12 bits per heavy atom. The summed E-state index contributed by atoms with van der Waals surface area (Å²) in [6.07, 6.45) is 2.77. The number of fused-ring (bicyclic) bond motifs is 1. The number of hydrogen-bond donors (Lipinski definition) is 2. The molecular formula is C18H14Cl2FN5. The van der Waals surface area contributed by atoms with Crippen LogP contribution in [-0.2, 0) is 6.54 Å². The van der Waals surface area contributed by atoms with Gasteiger partial charge in [0.2, 0.25) is 0 Å². The molecule has 0 spiro atoms. The molecule has 5 nitrogen and oxygen atoms in total. The lowest BCUT2D eigenvalue weighted by molar-refractivity contribution is 0.609. The number of rotatable bonds is 4. The fourth-order valence-corrected chi connectivity index (χ4v) is 3.16. The van der Waals surface area contributed by atoms with E-state index in [1.807, 2.05) is 18.2 Å². The maximum Gasteiger partial charge on any atom is 0.183 e. The fraction of sp³-hybridized carbons (Fsp3) is 0.167. The van der Waals surface area contributed by atoms with Crippen molar-refractivity contribution in [1.29, 1.82) is 0 Å². The lowest BCUT2D eigenvalue weighted by Gasteiger charge is -2.12. The van der Waals surface area contributed by atoms with Crippen LogP contribution in [0.2, 0.25) is 10.0 Å². The van der Waals surface area contributed by atoms with Gasteiger partial charge in [-0.1, -0.05) is 35.3 Å². The normalized spacial score (nSPS) is 15.4. The molecule has 2 N–H and O–H groups in total. The molecule has 0 fully saturated rings. The van der Waals surface area contributed by atoms with E-state index in [4.69, 9.17) is 23.2 Å². The van der Waals surface area contributed by atoms with Gasteiger partial charge in [0.05, 0.1) is 17.1 Å². The average molecular weight is 390 g/mol. The Balaban J connectivity index is 1.57. The number of hydrogen-bond acceptors (Lipinski definition) is 5. The summed E-state index contributed by atoms with van der Waals surface area (Å²) in [6, 6.07) is 9.17. The second-order valence-corrected chi connectivity index (χ2v) is 6.80. The minimum absolute atomic E-state index is 0.132. The smallest absolute Gasteiger partial charge is 0.183 e. The first-order chi connectivity index (χ1) is 12.6. The van der Waals surface area contributed by atoms with E-state index in [1.165, 1.54) is 6.20 Å². The van der Waals surface area contributed by atoms with Crippen LogP contribution in [0.4, 0.5) is 16.0 Å². The summed E-state index contributed by atoms with van der Waals surface area (Å²) in [6.45, 7) is 1.02. The molecule has 1 aliphatic heterocycles. The monoisotopic (exact) mass is 389 g/mol. The second kappa shape index (κ2) is 7.05. The predicted molar refractivity (Wildman–Crippen MR) is 100 cm³/mol. The van der Waals surface area contributed by atoms with Crippen LogP contribution in [0.3, 0.4) is 0 Å². The van der Waals surface area contributed by atoms with E-state index in [2.05, 4.69) is 25.6 Å². The molecule has 0 amide bonds. The largest absolute Gasteiger partial charge is 0.369 e. The van der Waals surface area contributed by atoms with E-state index in [-0.39, 0.29) is 11.7 Å². The number of aromatic nitrogens is 3. The van der Waals surface area contributed by atoms with Crippen molar-refractivity contribution in [3.8, 4) is 0 Å². The quantitative estimate of drug-likeness (QED) is 0.688. The van der Waals surface area contributed by atoms with Crippen LogP contribution in [0.1, 0.15) is 22.9 Å². The summed E-state index contributed by atoms with van der Waals surface area (Å²) in [5.74, 6) is 0.794. The highest BCUT2D eigenvalue weighted by atomic mass is 35.5. The van der Waals surface area contributed by atoms with E-state index in [0.717, 1.165) is 16.9 Å². The Labute approximate surface area is 159 Å². The van der Waals surface area contributed by atoms with Gasteiger partial charge in [-0.25, -0.2) is 19.3 Å². The second-order valence-electron chi connectivity index (χ2n) is 5.93. The van der Waals surface area contributed by atoms with E-state index in [0.29, 0.717) is 29.0 Å². The molecule has 0 bridgehead atoms. The Hall–Kier alpha value is -2.44. The van der Waals surface area contributed by atoms with Crippen molar-refractivity contribution in [2.24, 2.45) is 0 Å². The summed E-state index contributed by atoms with van der Waals surface area (Å²) in [4.78, 5) is 12.8. The number of nitrogens with one attached hydrogen (secondary N) is 2. The van der Waals surface area contributed by atoms with Gasteiger partial charge in [0.15, 0.2) is 11.6 Å². The van der Waals surface area contributed by atoms with Gasteiger partial charge in [-0.15, -0.1) is 0 Å². The molecule has 1 atom stereocenters. The molecule has 0 saturated heterocycles. The molecule has 0 aliphatic carbocycles. The van der Waals surface area contributed by atoms with Crippen molar-refractivity contribution in [1.82, 2.24) is 15.0 Å². The van der Waals surface area contributed by atoms with Crippen molar-refractivity contribution in [3.63, 3.8) is 0 Å². The van der Waals surface area contributed by atoms with Gasteiger partial charge in [0.1, 0.15) is 11.6 Å². The third kappa shape index (κ3) is 3.43. The molecule has 2 aromatic heterocycles. The lowest BCUT2D eigenvalue weighted by atomic mass is 10.0. The zero-order valence-corrected chi connectivity index (χ0v) is 15.0. The first-order valence-corrected chi connectivity index (χ1v) is 8.76. The maximum atomic E-state index is 14.1. The minimum Gasteiger partial charge on any atom is -0.369 e. The molecule has 0 radical (unpaired) electrons. The zero-order chi connectivity index (χ0) is 18.1. The van der Waals surface area contributed by atoms with Crippen LogP contribution in [0.15, 0.2) is 42.7 Å². The number of halogens is 3. The average Bonchev–Trinajstić information content (AvgIpc) is 3.05. The van der Waals surface area contributed by atoms with Crippen LogP contribution in [-0.4, -0.2) is 21.5 Å². The molecule has 4 rings (SSSR count). The molecule has 26 heavy (non-hydrogen) atoms. The van der Waals surface area contributed by atoms with Crippen LogP contribution < -0.4 is 10.6 Å². The molecular weight excluding hydrogens is 376 g/mol. The van der Waals surface area contributed by atoms with Crippen molar-refractivity contribution >= 4 is 34.8 Å². The van der Waals surface area contributed by atoms with Gasteiger partial charge in [-0.05, 0) is 23.8 Å². The summed E-state index contributed by atoms with van der Waals surface area (Å²) in [5, 5.41) is 7.41. The van der Waals surface area contributed by atoms with E-state index < -0.39 is 5.82 Å². The molecule has 8 heteroatoms. The molecule has 1 unspecified atom stereocenters. The molecule has 3 aromatic rings. The van der Waals surface area contributed by atoms with Gasteiger partial charge < -0.3 is 10.6 Å². The van der Waals surface area contributed by atoms with E-state index >= 15 is 0 Å². The molecule has 1 aliphatic rings. The topological polar surface area (TPSA) is 62.7 Å². The van der Waals surface area contributed by atoms with Gasteiger partial charge >= 0.3 is 0 Å². The maximum absolute atomic E-state index is 14.1. The number of benzene rings is 1. The lowest BCUT2D eigenvalue weighted by Crippen LogP contribution is -2.12. The van der Waals surface area contributed by atoms with Gasteiger partial charge in [0, 0.05) is 29.9 Å². The summed E-state index contributed by atoms with van der Waals surface area (Å²) < 4.78 is 14.1. The Kier molecular flexibility index (Phi) is 4.61. The van der Waals surface area contributed by atoms with Crippen molar-refractivity contribution < 1.29 is 4.39 Å². The van der Waals surface area contributed by atoms with Gasteiger partial charge in [-0.2, -0.15) is 0 Å². The minimum atomic E-state index is -0.502. The first kappa shape index (κ1) is 17.0. The van der Waals surface area contributed by atoms with E-state index in [9.17, 15) is 4.39 Å². The highest BCUT2D eigenvalue weighted by Crippen LogP contribution is 2.35. The zero-order valence-electron chi connectivity index (χ0n) is 13.5. The number of anilines is 2. The molecule has 0 saturated carbocycles. The predicted octanol–water partition coefficient (Wildman–Crippen LogP) is 4.49. The third-order valence-electron chi connectivity index (χ3n) is 4.18. The highest BCUT2D eigenvalue weighted by Gasteiger charge is 2.28. The van der Waals surface area contributed by atoms with Crippen molar-refractivity contribution in [2.45, 2.75) is 12.5 Å². The van der Waals surface area contributed by atoms with E-state index in [1.54, 1.807) is 18.3 Å². The van der Waals surface area contributed by atoms with Crippen LogP contribution in [0.25, 0.3) is 0 Å². The summed E-state index contributed by atoms with van der Waals surface area (Å²) in [5.41, 5.74) is 1.88. The van der Waals surface area contributed by atoms with Crippen LogP contribution in [0, 0.1) is 5.82 Å². The molecule has 132 valence electrons. The van der Waals surface area contributed by atoms with Crippen molar-refractivity contribution in [3.05, 3.63) is 75.5 Å². The Morgan fingerprint density at radius 3 is 2.73 bits per heavy atom. The van der Waals surface area contributed by atoms with Crippen molar-refractivity contribution in [2.75, 3.05) is 17.2 Å². The molecule has 3 heterocycles. The summed E-state index contributed by atoms with van der Waals surface area (Å²) >= 11 is 11.9. The Bertz CT molecular complexity index is 949. The van der Waals surface area contributed by atoms with Crippen LogP contribution in [0.5, 0.6) is 0 Å². The Morgan fingerprint density at radius 2 is 1.92 bits per heavy atom. The standard InChI is InChI=1S/C18H14Cl2FN5/c19-11-3-1-10(2-4-11)6-22-18-15(21)9-25-17(26-18)14-8-24-16-13(14)5-12(20)7-23-16/h1-5,7,9,14H,6,8H2,(H,23,24)(H,22,25,26).